The van der Waals surface area contributed by atoms with Crippen LogP contribution in [-0.4, -0.2) is 32.4 Å². The van der Waals surface area contributed by atoms with Crippen molar-refractivity contribution in [1.29, 1.82) is 0 Å². The summed E-state index contributed by atoms with van der Waals surface area (Å²) < 4.78 is 27.2. The van der Waals surface area contributed by atoms with E-state index in [0.29, 0.717) is 23.9 Å². The van der Waals surface area contributed by atoms with Gasteiger partial charge in [-0.1, -0.05) is 33.3 Å². The standard InChI is InChI=1S/C16H26N2O2S/c1-4-13(3)12-18(5-2)21(19,20)15-9-8-14-7-6-10-17-16(14)11-15/h8-9,11,13,17H,4-7,10,12H2,1-3H3. The molecule has 1 N–H and O–H groups in total. The Balaban J connectivity index is 2.29. The van der Waals surface area contributed by atoms with Crippen LogP contribution < -0.4 is 5.32 Å². The van der Waals surface area contributed by atoms with Crippen molar-refractivity contribution in [3.8, 4) is 0 Å². The molecule has 4 nitrogen and oxygen atoms in total. The Morgan fingerprint density at radius 1 is 1.33 bits per heavy atom. The predicted molar refractivity (Wildman–Crippen MR) is 87.1 cm³/mol. The van der Waals surface area contributed by atoms with Gasteiger partial charge in [0.05, 0.1) is 4.90 Å². The second kappa shape index (κ2) is 6.79. The SMILES string of the molecule is CCC(C)CN(CC)S(=O)(=O)c1ccc2c(c1)NCCC2. The zero-order valence-electron chi connectivity index (χ0n) is 13.2. The van der Waals surface area contributed by atoms with Crippen molar-refractivity contribution in [1.82, 2.24) is 4.31 Å². The monoisotopic (exact) mass is 310 g/mol. The summed E-state index contributed by atoms with van der Waals surface area (Å²) in [4.78, 5) is 0.404. The summed E-state index contributed by atoms with van der Waals surface area (Å²) in [5.74, 6) is 0.371. The molecule has 0 saturated heterocycles. The number of fused-ring (bicyclic) bond motifs is 1. The molecule has 1 heterocycles. The van der Waals surface area contributed by atoms with E-state index in [-0.39, 0.29) is 0 Å². The van der Waals surface area contributed by atoms with Crippen LogP contribution in [0.5, 0.6) is 0 Å². The Morgan fingerprint density at radius 2 is 2.10 bits per heavy atom. The summed E-state index contributed by atoms with van der Waals surface area (Å²) in [7, 11) is -3.40. The normalized spacial score (nSPS) is 16.4. The second-order valence-corrected chi connectivity index (χ2v) is 7.76. The van der Waals surface area contributed by atoms with E-state index in [4.69, 9.17) is 0 Å². The smallest absolute Gasteiger partial charge is 0.243 e. The van der Waals surface area contributed by atoms with Crippen LogP contribution in [0.15, 0.2) is 23.1 Å². The lowest BCUT2D eigenvalue weighted by molar-refractivity contribution is 0.361. The summed E-state index contributed by atoms with van der Waals surface area (Å²) in [6.07, 6.45) is 3.11. The lowest BCUT2D eigenvalue weighted by Gasteiger charge is -2.25. The van der Waals surface area contributed by atoms with Gasteiger partial charge in [0.1, 0.15) is 0 Å². The Hall–Kier alpha value is -1.07. The third-order valence-corrected chi connectivity index (χ3v) is 6.16. The molecule has 0 fully saturated rings. The van der Waals surface area contributed by atoms with Gasteiger partial charge in [0.15, 0.2) is 0 Å². The zero-order chi connectivity index (χ0) is 15.5. The van der Waals surface area contributed by atoms with Gasteiger partial charge in [0.25, 0.3) is 0 Å². The van der Waals surface area contributed by atoms with Crippen LogP contribution in [-0.2, 0) is 16.4 Å². The van der Waals surface area contributed by atoms with Crippen molar-refractivity contribution in [2.45, 2.75) is 44.9 Å². The number of anilines is 1. The average Bonchev–Trinajstić information content (AvgIpc) is 2.51. The van der Waals surface area contributed by atoms with Crippen molar-refractivity contribution in [3.05, 3.63) is 23.8 Å². The lowest BCUT2D eigenvalue weighted by atomic mass is 10.0. The lowest BCUT2D eigenvalue weighted by Crippen LogP contribution is -2.34. The maximum atomic E-state index is 12.8. The highest BCUT2D eigenvalue weighted by Gasteiger charge is 2.25. The van der Waals surface area contributed by atoms with Crippen molar-refractivity contribution < 1.29 is 8.42 Å². The molecule has 1 aromatic rings. The molecular formula is C16H26N2O2S. The van der Waals surface area contributed by atoms with Gasteiger partial charge in [-0.05, 0) is 36.5 Å². The Bertz CT molecular complexity index is 584. The van der Waals surface area contributed by atoms with Crippen LogP contribution in [0, 0.1) is 5.92 Å². The molecule has 0 radical (unpaired) electrons. The first-order chi connectivity index (χ1) is 9.98. The third kappa shape index (κ3) is 3.58. The van der Waals surface area contributed by atoms with Crippen LogP contribution in [0.1, 0.15) is 39.2 Å². The summed E-state index contributed by atoms with van der Waals surface area (Å²) in [5.41, 5.74) is 2.19. The highest BCUT2D eigenvalue weighted by molar-refractivity contribution is 7.89. The maximum Gasteiger partial charge on any atom is 0.243 e. The Labute approximate surface area is 128 Å². The topological polar surface area (TPSA) is 49.4 Å². The molecule has 0 saturated carbocycles. The van der Waals surface area contributed by atoms with Crippen LogP contribution in [0.3, 0.4) is 0 Å². The highest BCUT2D eigenvalue weighted by atomic mass is 32.2. The molecule has 5 heteroatoms. The molecule has 0 aliphatic carbocycles. The Kier molecular flexibility index (Phi) is 5.27. The van der Waals surface area contributed by atoms with Gasteiger partial charge in [-0.15, -0.1) is 0 Å². The summed E-state index contributed by atoms with van der Waals surface area (Å²) in [6, 6.07) is 5.50. The summed E-state index contributed by atoms with van der Waals surface area (Å²) in [6.45, 7) is 8.09. The van der Waals surface area contributed by atoms with Gasteiger partial charge in [-0.25, -0.2) is 8.42 Å². The number of benzene rings is 1. The van der Waals surface area contributed by atoms with E-state index in [2.05, 4.69) is 19.2 Å². The van der Waals surface area contributed by atoms with E-state index in [1.165, 1.54) is 5.56 Å². The predicted octanol–water partition coefficient (Wildman–Crippen LogP) is 3.10. The van der Waals surface area contributed by atoms with Crippen LogP contribution in [0.4, 0.5) is 5.69 Å². The summed E-state index contributed by atoms with van der Waals surface area (Å²) in [5, 5.41) is 3.30. The molecule has 118 valence electrons. The van der Waals surface area contributed by atoms with E-state index in [0.717, 1.165) is 31.5 Å². The number of nitrogens with zero attached hydrogens (tertiary/aromatic N) is 1. The average molecular weight is 310 g/mol. The molecule has 0 amide bonds. The maximum absolute atomic E-state index is 12.8. The van der Waals surface area contributed by atoms with Crippen molar-refractivity contribution >= 4 is 15.7 Å². The van der Waals surface area contributed by atoms with Crippen LogP contribution in [0.25, 0.3) is 0 Å². The number of hydrogen-bond acceptors (Lipinski definition) is 3. The van der Waals surface area contributed by atoms with E-state index in [1.807, 2.05) is 13.0 Å². The number of rotatable bonds is 6. The first kappa shape index (κ1) is 16.3. The van der Waals surface area contributed by atoms with Crippen molar-refractivity contribution in [2.75, 3.05) is 25.0 Å². The van der Waals surface area contributed by atoms with E-state index < -0.39 is 10.0 Å². The molecule has 0 spiro atoms. The van der Waals surface area contributed by atoms with Crippen LogP contribution in [0.2, 0.25) is 0 Å². The minimum atomic E-state index is -3.40. The fraction of sp³-hybridized carbons (Fsp3) is 0.625. The Morgan fingerprint density at radius 3 is 2.76 bits per heavy atom. The van der Waals surface area contributed by atoms with Gasteiger partial charge in [0.2, 0.25) is 10.0 Å². The molecule has 0 aromatic heterocycles. The van der Waals surface area contributed by atoms with Crippen molar-refractivity contribution in [2.24, 2.45) is 5.92 Å². The number of sulfonamides is 1. The summed E-state index contributed by atoms with van der Waals surface area (Å²) >= 11 is 0. The molecule has 1 aromatic carbocycles. The molecule has 0 bridgehead atoms. The largest absolute Gasteiger partial charge is 0.385 e. The van der Waals surface area contributed by atoms with Crippen LogP contribution >= 0.6 is 0 Å². The van der Waals surface area contributed by atoms with Gasteiger partial charge < -0.3 is 5.32 Å². The first-order valence-electron chi connectivity index (χ1n) is 7.86. The minimum Gasteiger partial charge on any atom is -0.385 e. The third-order valence-electron chi connectivity index (χ3n) is 4.22. The molecule has 1 unspecified atom stereocenters. The second-order valence-electron chi connectivity index (χ2n) is 5.82. The van der Waals surface area contributed by atoms with Gasteiger partial charge in [-0.2, -0.15) is 4.31 Å². The van der Waals surface area contributed by atoms with Crippen molar-refractivity contribution in [3.63, 3.8) is 0 Å². The highest BCUT2D eigenvalue weighted by Crippen LogP contribution is 2.27. The fourth-order valence-corrected chi connectivity index (χ4v) is 4.22. The number of nitrogens with one attached hydrogen (secondary N) is 1. The molecule has 1 aliphatic heterocycles. The molecule has 21 heavy (non-hydrogen) atoms. The van der Waals surface area contributed by atoms with E-state index in [1.54, 1.807) is 16.4 Å². The van der Waals surface area contributed by atoms with Gasteiger partial charge >= 0.3 is 0 Å². The number of hydrogen-bond donors (Lipinski definition) is 1. The fourth-order valence-electron chi connectivity index (χ4n) is 2.62. The van der Waals surface area contributed by atoms with E-state index >= 15 is 0 Å². The quantitative estimate of drug-likeness (QED) is 0.878. The number of aryl methyl sites for hydroxylation is 1. The zero-order valence-corrected chi connectivity index (χ0v) is 14.0. The van der Waals surface area contributed by atoms with Gasteiger partial charge in [-0.3, -0.25) is 0 Å². The van der Waals surface area contributed by atoms with Gasteiger partial charge in [0, 0.05) is 25.3 Å². The molecule has 1 aliphatic rings. The minimum absolute atomic E-state index is 0.371. The molecular weight excluding hydrogens is 284 g/mol. The van der Waals surface area contributed by atoms with E-state index in [9.17, 15) is 8.42 Å². The molecule has 1 atom stereocenters. The molecule has 2 rings (SSSR count). The first-order valence-corrected chi connectivity index (χ1v) is 9.30.